The zero-order valence-electron chi connectivity index (χ0n) is 15.0. The molecule has 0 saturated carbocycles. The SMILES string of the molecule is OC[C@H]1O[C@@H](n2cnc3c(-n4cc(-c5ccc(F)cc5)nn4)ncnc32)C[C@@H]1O. The van der Waals surface area contributed by atoms with Gasteiger partial charge in [-0.1, -0.05) is 5.21 Å². The number of halogens is 1. The number of ether oxygens (including phenoxy) is 1. The third kappa shape index (κ3) is 3.05. The number of fused-ring (bicyclic) bond motifs is 1. The number of nitrogens with zero attached hydrogens (tertiary/aromatic N) is 7. The van der Waals surface area contributed by atoms with Crippen LogP contribution >= 0.6 is 0 Å². The number of hydrogen-bond acceptors (Lipinski definition) is 8. The van der Waals surface area contributed by atoms with Gasteiger partial charge in [-0.15, -0.1) is 5.10 Å². The van der Waals surface area contributed by atoms with E-state index in [1.165, 1.54) is 23.1 Å². The van der Waals surface area contributed by atoms with Gasteiger partial charge in [-0.25, -0.2) is 19.3 Å². The van der Waals surface area contributed by atoms with Gasteiger partial charge in [-0.2, -0.15) is 4.68 Å². The smallest absolute Gasteiger partial charge is 0.186 e. The van der Waals surface area contributed by atoms with Crippen LogP contribution in [0.1, 0.15) is 12.6 Å². The lowest BCUT2D eigenvalue weighted by molar-refractivity contribution is -0.0432. The Hall–Kier alpha value is -3.28. The summed E-state index contributed by atoms with van der Waals surface area (Å²) in [5, 5.41) is 27.5. The normalized spacial score (nSPS) is 21.8. The number of aliphatic hydroxyl groups excluding tert-OH is 2. The quantitative estimate of drug-likeness (QED) is 0.520. The standard InChI is InChI=1S/C18H16FN7O3/c19-11-3-1-10(2-4-11)12-6-26(24-23-12)18-16-17(20-8-21-18)25(9-22-16)15-5-13(28)14(7-27)29-15/h1-4,6,8-9,13-15,27-28H,5,7H2/t13-,14+,15+/m0/s1. The van der Waals surface area contributed by atoms with Gasteiger partial charge >= 0.3 is 0 Å². The fourth-order valence-electron chi connectivity index (χ4n) is 3.39. The van der Waals surface area contributed by atoms with Crippen LogP contribution in [0.5, 0.6) is 0 Å². The van der Waals surface area contributed by atoms with Gasteiger partial charge in [0.15, 0.2) is 17.0 Å². The predicted molar refractivity (Wildman–Crippen MR) is 97.3 cm³/mol. The van der Waals surface area contributed by atoms with Gasteiger partial charge in [0.1, 0.15) is 30.2 Å². The monoisotopic (exact) mass is 397 g/mol. The molecule has 4 heterocycles. The van der Waals surface area contributed by atoms with Crippen LogP contribution < -0.4 is 0 Å². The fraction of sp³-hybridized carbons (Fsp3) is 0.278. The Bertz CT molecular complexity index is 1160. The third-order valence-corrected chi connectivity index (χ3v) is 4.88. The maximum atomic E-state index is 13.1. The Morgan fingerprint density at radius 2 is 2.00 bits per heavy atom. The van der Waals surface area contributed by atoms with Crippen LogP contribution in [-0.2, 0) is 4.74 Å². The molecule has 1 aliphatic heterocycles. The molecule has 0 aliphatic carbocycles. The highest BCUT2D eigenvalue weighted by atomic mass is 19.1. The van der Waals surface area contributed by atoms with Gasteiger partial charge in [0.2, 0.25) is 0 Å². The van der Waals surface area contributed by atoms with E-state index in [4.69, 9.17) is 4.74 Å². The van der Waals surface area contributed by atoms with Crippen LogP contribution in [-0.4, -0.2) is 63.5 Å². The van der Waals surface area contributed by atoms with Crippen LogP contribution in [0.2, 0.25) is 0 Å². The molecule has 2 N–H and O–H groups in total. The maximum Gasteiger partial charge on any atom is 0.186 e. The molecule has 3 aromatic heterocycles. The molecule has 3 atom stereocenters. The predicted octanol–water partition coefficient (Wildman–Crippen LogP) is 0.854. The molecule has 0 unspecified atom stereocenters. The molecule has 1 fully saturated rings. The second-order valence-electron chi connectivity index (χ2n) is 6.69. The zero-order valence-corrected chi connectivity index (χ0v) is 15.0. The first-order valence-corrected chi connectivity index (χ1v) is 8.94. The molecule has 29 heavy (non-hydrogen) atoms. The molecule has 1 aromatic carbocycles. The number of imidazole rings is 1. The second kappa shape index (κ2) is 6.95. The van der Waals surface area contributed by atoms with E-state index in [1.54, 1.807) is 29.2 Å². The molecule has 0 radical (unpaired) electrons. The summed E-state index contributed by atoms with van der Waals surface area (Å²) in [4.78, 5) is 12.9. The molecule has 0 amide bonds. The van der Waals surface area contributed by atoms with E-state index in [2.05, 4.69) is 25.3 Å². The number of benzene rings is 1. The minimum Gasteiger partial charge on any atom is -0.394 e. The first-order chi connectivity index (χ1) is 14.1. The fourth-order valence-corrected chi connectivity index (χ4v) is 3.39. The van der Waals surface area contributed by atoms with Crippen molar-refractivity contribution in [1.29, 1.82) is 0 Å². The lowest BCUT2D eigenvalue weighted by Crippen LogP contribution is -2.24. The van der Waals surface area contributed by atoms with Crippen molar-refractivity contribution in [2.24, 2.45) is 0 Å². The summed E-state index contributed by atoms with van der Waals surface area (Å²) >= 11 is 0. The number of aromatic nitrogens is 7. The molecule has 1 aliphatic rings. The van der Waals surface area contributed by atoms with Gasteiger partial charge in [-0.05, 0) is 24.3 Å². The summed E-state index contributed by atoms with van der Waals surface area (Å²) in [6.07, 6.45) is 3.01. The highest BCUT2D eigenvalue weighted by Gasteiger charge is 2.35. The molecular formula is C18H16FN7O3. The van der Waals surface area contributed by atoms with Crippen LogP contribution in [0.15, 0.2) is 43.1 Å². The van der Waals surface area contributed by atoms with Gasteiger partial charge in [-0.3, -0.25) is 4.57 Å². The number of hydrogen-bond donors (Lipinski definition) is 2. The van der Waals surface area contributed by atoms with Gasteiger partial charge in [0, 0.05) is 12.0 Å². The minimum absolute atomic E-state index is 0.268. The maximum absolute atomic E-state index is 13.1. The first kappa shape index (κ1) is 17.8. The van der Waals surface area contributed by atoms with E-state index < -0.39 is 18.4 Å². The van der Waals surface area contributed by atoms with Crippen molar-refractivity contribution >= 4 is 11.2 Å². The lowest BCUT2D eigenvalue weighted by atomic mass is 10.2. The summed E-state index contributed by atoms with van der Waals surface area (Å²) in [6.45, 7) is -0.268. The van der Waals surface area contributed by atoms with Crippen LogP contribution in [0.25, 0.3) is 28.2 Å². The zero-order chi connectivity index (χ0) is 20.0. The van der Waals surface area contributed by atoms with Crippen molar-refractivity contribution in [2.75, 3.05) is 6.61 Å². The van der Waals surface area contributed by atoms with Gasteiger partial charge in [0.05, 0.1) is 25.2 Å². The Labute approximate surface area is 163 Å². The van der Waals surface area contributed by atoms with E-state index in [0.29, 0.717) is 29.1 Å². The highest BCUT2D eigenvalue weighted by Crippen LogP contribution is 2.31. The van der Waals surface area contributed by atoms with Crippen molar-refractivity contribution in [3.8, 4) is 17.1 Å². The largest absolute Gasteiger partial charge is 0.394 e. The first-order valence-electron chi connectivity index (χ1n) is 8.94. The summed E-state index contributed by atoms with van der Waals surface area (Å²) in [7, 11) is 0. The third-order valence-electron chi connectivity index (χ3n) is 4.88. The highest BCUT2D eigenvalue weighted by molar-refractivity contribution is 5.78. The van der Waals surface area contributed by atoms with Crippen molar-refractivity contribution in [2.45, 2.75) is 24.9 Å². The Kier molecular flexibility index (Phi) is 4.27. The van der Waals surface area contributed by atoms with Crippen molar-refractivity contribution in [3.05, 3.63) is 48.9 Å². The van der Waals surface area contributed by atoms with Crippen molar-refractivity contribution in [1.82, 2.24) is 34.5 Å². The van der Waals surface area contributed by atoms with E-state index >= 15 is 0 Å². The summed E-state index contributed by atoms with van der Waals surface area (Å²) in [6, 6.07) is 5.95. The Morgan fingerprint density at radius 3 is 2.76 bits per heavy atom. The van der Waals surface area contributed by atoms with Gasteiger partial charge in [0.25, 0.3) is 0 Å². The molecule has 5 rings (SSSR count). The topological polar surface area (TPSA) is 124 Å². The van der Waals surface area contributed by atoms with Crippen molar-refractivity contribution in [3.63, 3.8) is 0 Å². The Balaban J connectivity index is 1.51. The van der Waals surface area contributed by atoms with Crippen LogP contribution in [0.3, 0.4) is 0 Å². The molecule has 4 aromatic rings. The minimum atomic E-state index is -0.766. The second-order valence-corrected chi connectivity index (χ2v) is 6.69. The average Bonchev–Trinajstić information content (AvgIpc) is 3.46. The Morgan fingerprint density at radius 1 is 1.17 bits per heavy atom. The van der Waals surface area contributed by atoms with E-state index in [1.807, 2.05) is 0 Å². The summed E-state index contributed by atoms with van der Waals surface area (Å²) in [5.74, 6) is 0.0961. The molecule has 0 spiro atoms. The molecule has 10 nitrogen and oxygen atoms in total. The van der Waals surface area contributed by atoms with Gasteiger partial charge < -0.3 is 14.9 Å². The number of aliphatic hydroxyl groups is 2. The molecule has 1 saturated heterocycles. The molecule has 148 valence electrons. The van der Waals surface area contributed by atoms with Crippen LogP contribution in [0.4, 0.5) is 4.39 Å². The van der Waals surface area contributed by atoms with E-state index in [0.717, 1.165) is 5.56 Å². The van der Waals surface area contributed by atoms with E-state index in [-0.39, 0.29) is 12.4 Å². The molecule has 0 bridgehead atoms. The number of rotatable bonds is 4. The summed E-state index contributed by atoms with van der Waals surface area (Å²) < 4.78 is 22.0. The van der Waals surface area contributed by atoms with Crippen LogP contribution in [0, 0.1) is 5.82 Å². The lowest BCUT2D eigenvalue weighted by Gasteiger charge is -2.13. The van der Waals surface area contributed by atoms with Crippen molar-refractivity contribution < 1.29 is 19.3 Å². The summed E-state index contributed by atoms with van der Waals surface area (Å²) in [5.41, 5.74) is 2.26. The molecular weight excluding hydrogens is 381 g/mol. The molecule has 11 heteroatoms. The van der Waals surface area contributed by atoms with E-state index in [9.17, 15) is 14.6 Å². The average molecular weight is 397 g/mol.